The van der Waals surface area contributed by atoms with Gasteiger partial charge in [-0.1, -0.05) is 30.3 Å². The van der Waals surface area contributed by atoms with Crippen LogP contribution in [0.5, 0.6) is 0 Å². The third-order valence-electron chi connectivity index (χ3n) is 3.54. The van der Waals surface area contributed by atoms with E-state index in [1.165, 1.54) is 4.31 Å². The standard InChI is InChI=1S/C14H21N3O3S/c15-13(12-5-2-1-3-6-12)11-16-14(18)7-9-17-8-4-10-21(17,19)20/h1-3,5-6,13H,4,7-11,15H2,(H,16,18). The van der Waals surface area contributed by atoms with Crippen molar-refractivity contribution in [1.82, 2.24) is 9.62 Å². The molecule has 1 fully saturated rings. The lowest BCUT2D eigenvalue weighted by Crippen LogP contribution is -2.35. The first-order valence-corrected chi connectivity index (χ1v) is 8.65. The quantitative estimate of drug-likeness (QED) is 0.786. The fourth-order valence-corrected chi connectivity index (χ4v) is 3.83. The summed E-state index contributed by atoms with van der Waals surface area (Å²) in [6.45, 7) is 1.10. The summed E-state index contributed by atoms with van der Waals surface area (Å²) in [6, 6.07) is 9.27. The van der Waals surface area contributed by atoms with Crippen molar-refractivity contribution in [3.05, 3.63) is 35.9 Å². The van der Waals surface area contributed by atoms with E-state index in [0.717, 1.165) is 5.56 Å². The van der Waals surface area contributed by atoms with Crippen LogP contribution in [0.25, 0.3) is 0 Å². The van der Waals surface area contributed by atoms with Crippen LogP contribution in [-0.4, -0.2) is 44.0 Å². The van der Waals surface area contributed by atoms with Gasteiger partial charge in [-0.15, -0.1) is 0 Å². The molecule has 6 nitrogen and oxygen atoms in total. The summed E-state index contributed by atoms with van der Waals surface area (Å²) in [4.78, 5) is 11.8. The van der Waals surface area contributed by atoms with E-state index in [1.54, 1.807) is 0 Å². The second-order valence-electron chi connectivity index (χ2n) is 5.14. The number of amides is 1. The Morgan fingerprint density at radius 1 is 1.33 bits per heavy atom. The summed E-state index contributed by atoms with van der Waals surface area (Å²) in [7, 11) is -3.13. The van der Waals surface area contributed by atoms with Gasteiger partial charge in [-0.25, -0.2) is 12.7 Å². The summed E-state index contributed by atoms with van der Waals surface area (Å²) in [5.74, 6) is 0.0107. The van der Waals surface area contributed by atoms with Crippen molar-refractivity contribution in [2.45, 2.75) is 18.9 Å². The van der Waals surface area contributed by atoms with Crippen molar-refractivity contribution in [3.8, 4) is 0 Å². The molecule has 1 aromatic rings. The lowest BCUT2D eigenvalue weighted by molar-refractivity contribution is -0.121. The fraction of sp³-hybridized carbons (Fsp3) is 0.500. The van der Waals surface area contributed by atoms with E-state index in [9.17, 15) is 13.2 Å². The highest BCUT2D eigenvalue weighted by molar-refractivity contribution is 7.89. The van der Waals surface area contributed by atoms with Crippen LogP contribution in [0.15, 0.2) is 30.3 Å². The van der Waals surface area contributed by atoms with Crippen LogP contribution in [-0.2, 0) is 14.8 Å². The van der Waals surface area contributed by atoms with Crippen LogP contribution in [0.2, 0.25) is 0 Å². The summed E-state index contributed by atoms with van der Waals surface area (Å²) >= 11 is 0. The average Bonchev–Trinajstić information content (AvgIpc) is 2.82. The lowest BCUT2D eigenvalue weighted by Gasteiger charge is -2.15. The zero-order chi connectivity index (χ0) is 15.3. The van der Waals surface area contributed by atoms with Gasteiger partial charge >= 0.3 is 0 Å². The zero-order valence-electron chi connectivity index (χ0n) is 11.9. The maximum absolute atomic E-state index is 11.8. The number of hydrogen-bond donors (Lipinski definition) is 2. The molecule has 1 aliphatic heterocycles. The largest absolute Gasteiger partial charge is 0.354 e. The number of carbonyl (C=O) groups is 1. The number of sulfonamides is 1. The number of nitrogens with zero attached hydrogens (tertiary/aromatic N) is 1. The molecule has 2 rings (SSSR count). The third kappa shape index (κ3) is 4.52. The van der Waals surface area contributed by atoms with Crippen molar-refractivity contribution in [2.75, 3.05) is 25.4 Å². The Kier molecular flexibility index (Phi) is 5.33. The lowest BCUT2D eigenvalue weighted by atomic mass is 10.1. The minimum atomic E-state index is -3.13. The topological polar surface area (TPSA) is 92.5 Å². The Hall–Kier alpha value is -1.44. The Morgan fingerprint density at radius 3 is 2.67 bits per heavy atom. The van der Waals surface area contributed by atoms with Gasteiger partial charge in [0.2, 0.25) is 15.9 Å². The van der Waals surface area contributed by atoms with Gasteiger partial charge in [0, 0.05) is 32.1 Å². The van der Waals surface area contributed by atoms with Gasteiger partial charge < -0.3 is 11.1 Å². The molecule has 1 aliphatic rings. The predicted molar refractivity (Wildman–Crippen MR) is 81.0 cm³/mol. The average molecular weight is 311 g/mol. The molecule has 0 bridgehead atoms. The first kappa shape index (κ1) is 15.9. The second kappa shape index (κ2) is 7.02. The highest BCUT2D eigenvalue weighted by atomic mass is 32.2. The molecule has 0 spiro atoms. The summed E-state index contributed by atoms with van der Waals surface area (Å²) < 4.78 is 24.6. The van der Waals surface area contributed by atoms with Crippen LogP contribution in [0.1, 0.15) is 24.4 Å². The van der Waals surface area contributed by atoms with Crippen LogP contribution in [0.4, 0.5) is 0 Å². The first-order chi connectivity index (χ1) is 9.99. The van der Waals surface area contributed by atoms with E-state index in [4.69, 9.17) is 5.73 Å². The first-order valence-electron chi connectivity index (χ1n) is 7.04. The van der Waals surface area contributed by atoms with E-state index in [2.05, 4.69) is 5.32 Å². The molecular weight excluding hydrogens is 290 g/mol. The molecule has 7 heteroatoms. The van der Waals surface area contributed by atoms with Crippen molar-refractivity contribution in [3.63, 3.8) is 0 Å². The van der Waals surface area contributed by atoms with Gasteiger partial charge in [-0.05, 0) is 12.0 Å². The maximum atomic E-state index is 11.8. The minimum Gasteiger partial charge on any atom is -0.354 e. The Morgan fingerprint density at radius 2 is 2.05 bits per heavy atom. The molecule has 21 heavy (non-hydrogen) atoms. The number of hydrogen-bond acceptors (Lipinski definition) is 4. The summed E-state index contributed by atoms with van der Waals surface area (Å²) in [6.07, 6.45) is 0.809. The molecule has 1 aromatic carbocycles. The molecule has 1 amide bonds. The molecule has 3 N–H and O–H groups in total. The monoisotopic (exact) mass is 311 g/mol. The van der Waals surface area contributed by atoms with Crippen LogP contribution >= 0.6 is 0 Å². The van der Waals surface area contributed by atoms with Crippen molar-refractivity contribution in [2.24, 2.45) is 5.73 Å². The number of nitrogens with two attached hydrogens (primary N) is 1. The van der Waals surface area contributed by atoms with Crippen LogP contribution < -0.4 is 11.1 Å². The van der Waals surface area contributed by atoms with E-state index in [1.807, 2.05) is 30.3 Å². The van der Waals surface area contributed by atoms with Crippen molar-refractivity contribution in [1.29, 1.82) is 0 Å². The fourth-order valence-electron chi connectivity index (χ4n) is 2.30. The molecule has 0 aromatic heterocycles. The van der Waals surface area contributed by atoms with E-state index in [-0.39, 0.29) is 30.7 Å². The zero-order valence-corrected chi connectivity index (χ0v) is 12.7. The molecule has 0 aliphatic carbocycles. The SMILES string of the molecule is NC(CNC(=O)CCN1CCCS1(=O)=O)c1ccccc1. The molecule has 1 unspecified atom stereocenters. The van der Waals surface area contributed by atoms with Gasteiger partial charge in [-0.2, -0.15) is 0 Å². The summed E-state index contributed by atoms with van der Waals surface area (Å²) in [5.41, 5.74) is 6.94. The smallest absolute Gasteiger partial charge is 0.221 e. The molecule has 1 atom stereocenters. The molecule has 0 radical (unpaired) electrons. The number of rotatable bonds is 6. The molecular formula is C14H21N3O3S. The van der Waals surface area contributed by atoms with Gasteiger partial charge in [0.1, 0.15) is 0 Å². The van der Waals surface area contributed by atoms with Gasteiger partial charge in [0.05, 0.1) is 5.75 Å². The van der Waals surface area contributed by atoms with Crippen molar-refractivity contribution < 1.29 is 13.2 Å². The van der Waals surface area contributed by atoms with Gasteiger partial charge in [0.25, 0.3) is 0 Å². The maximum Gasteiger partial charge on any atom is 0.221 e. The highest BCUT2D eigenvalue weighted by Crippen LogP contribution is 2.13. The van der Waals surface area contributed by atoms with E-state index < -0.39 is 10.0 Å². The predicted octanol–water partition coefficient (Wildman–Crippen LogP) is 0.228. The van der Waals surface area contributed by atoms with Gasteiger partial charge in [-0.3, -0.25) is 4.79 Å². The van der Waals surface area contributed by atoms with Crippen molar-refractivity contribution >= 4 is 15.9 Å². The number of carbonyl (C=O) groups excluding carboxylic acids is 1. The van der Waals surface area contributed by atoms with E-state index >= 15 is 0 Å². The van der Waals surface area contributed by atoms with Gasteiger partial charge in [0.15, 0.2) is 0 Å². The van der Waals surface area contributed by atoms with E-state index in [0.29, 0.717) is 19.5 Å². The third-order valence-corrected chi connectivity index (χ3v) is 5.49. The van der Waals surface area contributed by atoms with Crippen LogP contribution in [0, 0.1) is 0 Å². The highest BCUT2D eigenvalue weighted by Gasteiger charge is 2.28. The normalized spacial score (nSPS) is 19.3. The molecule has 1 saturated heterocycles. The number of nitrogens with one attached hydrogen (secondary N) is 1. The summed E-state index contributed by atoms with van der Waals surface area (Å²) in [5, 5.41) is 2.75. The Bertz CT molecular complexity index is 574. The molecule has 116 valence electrons. The Balaban J connectivity index is 1.73. The molecule has 1 heterocycles. The second-order valence-corrected chi connectivity index (χ2v) is 7.23. The van der Waals surface area contributed by atoms with Crippen LogP contribution in [0.3, 0.4) is 0 Å². The molecule has 0 saturated carbocycles. The minimum absolute atomic E-state index is 0.167. The number of benzene rings is 1. The Labute approximate surface area is 125 Å².